The lowest BCUT2D eigenvalue weighted by molar-refractivity contribution is -0.118. The van der Waals surface area contributed by atoms with Crippen molar-refractivity contribution >= 4 is 39.0 Å². The number of aromatic nitrogens is 3. The molecule has 4 rings (SSSR count). The Kier molecular flexibility index (Phi) is 5.04. The highest BCUT2D eigenvalue weighted by Gasteiger charge is 2.21. The number of aromatic amines is 1. The average molecular weight is 389 g/mol. The number of benzene rings is 1. The van der Waals surface area contributed by atoms with Crippen molar-refractivity contribution in [2.75, 3.05) is 5.32 Å². The largest absolute Gasteiger partial charge is 0.345 e. The van der Waals surface area contributed by atoms with Crippen LogP contribution in [0.4, 0.5) is 5.13 Å². The Hall–Kier alpha value is -3.24. The van der Waals surface area contributed by atoms with Gasteiger partial charge in [0.05, 0.1) is 29.1 Å². The summed E-state index contributed by atoms with van der Waals surface area (Å²) in [5.74, 6) is -0.720. The highest BCUT2D eigenvalue weighted by atomic mass is 32.1. The minimum absolute atomic E-state index is 0.335. The fourth-order valence-corrected chi connectivity index (χ4v) is 4.00. The zero-order valence-electron chi connectivity index (χ0n) is 15.3. The second kappa shape index (κ2) is 7.79. The monoisotopic (exact) mass is 389 g/mol. The van der Waals surface area contributed by atoms with E-state index in [1.54, 1.807) is 6.33 Å². The van der Waals surface area contributed by atoms with Crippen molar-refractivity contribution in [1.29, 1.82) is 5.26 Å². The average Bonchev–Trinajstić information content (AvgIpc) is 3.35. The smallest absolute Gasteiger partial charge is 0.243 e. The SMILES string of the molecule is CC1CC=CC=C1c1csc(NC(=O)C(C#N)Cc2ccc3nc[nH]c3c2)n1. The maximum Gasteiger partial charge on any atom is 0.243 e. The van der Waals surface area contributed by atoms with Gasteiger partial charge in [0.15, 0.2) is 5.13 Å². The normalized spacial score (nSPS) is 17.1. The van der Waals surface area contributed by atoms with Gasteiger partial charge in [-0.3, -0.25) is 4.79 Å². The molecule has 2 N–H and O–H groups in total. The van der Waals surface area contributed by atoms with Crippen LogP contribution in [-0.2, 0) is 11.2 Å². The molecule has 1 aliphatic rings. The predicted molar refractivity (Wildman–Crippen MR) is 111 cm³/mol. The zero-order valence-corrected chi connectivity index (χ0v) is 16.2. The first-order chi connectivity index (χ1) is 13.6. The molecule has 2 atom stereocenters. The molecule has 0 radical (unpaired) electrons. The third-order valence-corrected chi connectivity index (χ3v) is 5.62. The molecule has 1 aromatic carbocycles. The molecule has 0 saturated heterocycles. The number of hydrogen-bond donors (Lipinski definition) is 2. The summed E-state index contributed by atoms with van der Waals surface area (Å²) in [5, 5.41) is 14.8. The fourth-order valence-electron chi connectivity index (χ4n) is 3.28. The highest BCUT2D eigenvalue weighted by molar-refractivity contribution is 7.14. The van der Waals surface area contributed by atoms with E-state index < -0.39 is 5.92 Å². The molecule has 0 saturated carbocycles. The van der Waals surface area contributed by atoms with Gasteiger partial charge >= 0.3 is 0 Å². The summed E-state index contributed by atoms with van der Waals surface area (Å²) >= 11 is 1.38. The molecular formula is C21H19N5OS. The number of rotatable bonds is 5. The van der Waals surface area contributed by atoms with E-state index in [0.29, 0.717) is 17.5 Å². The van der Waals surface area contributed by atoms with Gasteiger partial charge in [-0.25, -0.2) is 9.97 Å². The summed E-state index contributed by atoms with van der Waals surface area (Å²) in [7, 11) is 0. The Labute approximate surface area is 166 Å². The molecule has 28 heavy (non-hydrogen) atoms. The van der Waals surface area contributed by atoms with Gasteiger partial charge in [0, 0.05) is 5.38 Å². The molecule has 2 heterocycles. The molecule has 0 spiro atoms. The zero-order chi connectivity index (χ0) is 19.5. The maximum atomic E-state index is 12.6. The molecule has 1 amide bonds. The number of fused-ring (bicyclic) bond motifs is 1. The van der Waals surface area contributed by atoms with Crippen molar-refractivity contribution in [1.82, 2.24) is 15.0 Å². The summed E-state index contributed by atoms with van der Waals surface area (Å²) in [6.07, 6.45) is 9.20. The molecule has 0 fully saturated rings. The molecule has 140 valence electrons. The fraction of sp³-hybridized carbons (Fsp3) is 0.238. The predicted octanol–water partition coefficient (Wildman–Crippen LogP) is 4.32. The topological polar surface area (TPSA) is 94.5 Å². The van der Waals surface area contributed by atoms with Gasteiger partial charge in [-0.05, 0) is 42.0 Å². The quantitative estimate of drug-likeness (QED) is 0.679. The molecule has 7 heteroatoms. The van der Waals surface area contributed by atoms with Gasteiger partial charge in [-0.1, -0.05) is 31.2 Å². The van der Waals surface area contributed by atoms with Crippen molar-refractivity contribution in [2.45, 2.75) is 19.8 Å². The van der Waals surface area contributed by atoms with Gasteiger partial charge in [-0.15, -0.1) is 11.3 Å². The number of imidazole rings is 1. The first kappa shape index (κ1) is 18.1. The van der Waals surface area contributed by atoms with E-state index in [1.807, 2.05) is 29.7 Å². The van der Waals surface area contributed by atoms with Crippen LogP contribution in [0.15, 0.2) is 48.1 Å². The second-order valence-corrected chi connectivity index (χ2v) is 7.71. The third kappa shape index (κ3) is 3.73. The van der Waals surface area contributed by atoms with E-state index in [0.717, 1.165) is 28.7 Å². The van der Waals surface area contributed by atoms with Gasteiger partial charge in [0.25, 0.3) is 0 Å². The summed E-state index contributed by atoms with van der Waals surface area (Å²) in [4.78, 5) is 24.4. The Bertz CT molecular complexity index is 1120. The van der Waals surface area contributed by atoms with E-state index in [1.165, 1.54) is 16.9 Å². The van der Waals surface area contributed by atoms with E-state index >= 15 is 0 Å². The van der Waals surface area contributed by atoms with Crippen molar-refractivity contribution in [3.8, 4) is 6.07 Å². The van der Waals surface area contributed by atoms with Crippen molar-refractivity contribution in [2.24, 2.45) is 11.8 Å². The Morgan fingerprint density at radius 3 is 3.21 bits per heavy atom. The Morgan fingerprint density at radius 2 is 2.39 bits per heavy atom. The number of anilines is 1. The van der Waals surface area contributed by atoms with Gasteiger partial charge < -0.3 is 10.3 Å². The second-order valence-electron chi connectivity index (χ2n) is 6.85. The van der Waals surface area contributed by atoms with E-state index in [9.17, 15) is 10.1 Å². The Balaban J connectivity index is 1.45. The number of H-pyrrole nitrogens is 1. The molecule has 0 aliphatic heterocycles. The van der Waals surface area contributed by atoms with Crippen LogP contribution in [0.3, 0.4) is 0 Å². The first-order valence-corrected chi connectivity index (χ1v) is 9.97. The van der Waals surface area contributed by atoms with Crippen LogP contribution in [0.1, 0.15) is 24.6 Å². The van der Waals surface area contributed by atoms with Crippen LogP contribution in [0, 0.1) is 23.2 Å². The van der Waals surface area contributed by atoms with Gasteiger partial charge in [0.2, 0.25) is 5.91 Å². The van der Waals surface area contributed by atoms with E-state index in [4.69, 9.17) is 0 Å². The molecule has 6 nitrogen and oxygen atoms in total. The lowest BCUT2D eigenvalue weighted by atomic mass is 9.92. The number of thiazole rings is 1. The minimum atomic E-state index is -0.788. The standard InChI is InChI=1S/C21H19N5OS/c1-13-4-2-3-5-16(13)19-11-28-21(25-19)26-20(27)15(10-22)8-14-6-7-17-18(9-14)24-12-23-17/h2-3,5-7,9,11-13,15H,4,8H2,1H3,(H,23,24)(H,25,26,27). The number of nitrogens with one attached hydrogen (secondary N) is 2. The number of allylic oxidation sites excluding steroid dienone is 4. The molecule has 0 bridgehead atoms. The summed E-state index contributed by atoms with van der Waals surface area (Å²) in [6.45, 7) is 2.16. The van der Waals surface area contributed by atoms with Crippen LogP contribution in [-0.4, -0.2) is 20.9 Å². The third-order valence-electron chi connectivity index (χ3n) is 4.86. The van der Waals surface area contributed by atoms with Crippen LogP contribution < -0.4 is 5.32 Å². The van der Waals surface area contributed by atoms with E-state index in [-0.39, 0.29) is 5.91 Å². The van der Waals surface area contributed by atoms with Crippen molar-refractivity contribution in [3.63, 3.8) is 0 Å². The van der Waals surface area contributed by atoms with Gasteiger partial charge in [-0.2, -0.15) is 5.26 Å². The molecule has 2 aromatic heterocycles. The molecular weight excluding hydrogens is 370 g/mol. The van der Waals surface area contributed by atoms with E-state index in [2.05, 4.69) is 45.4 Å². The maximum absolute atomic E-state index is 12.6. The van der Waals surface area contributed by atoms with Crippen LogP contribution in [0.5, 0.6) is 0 Å². The number of nitrogens with zero attached hydrogens (tertiary/aromatic N) is 3. The number of hydrogen-bond acceptors (Lipinski definition) is 5. The number of nitriles is 1. The van der Waals surface area contributed by atoms with Crippen LogP contribution >= 0.6 is 11.3 Å². The van der Waals surface area contributed by atoms with Crippen LogP contribution in [0.25, 0.3) is 16.6 Å². The lowest BCUT2D eigenvalue weighted by Gasteiger charge is -2.14. The lowest BCUT2D eigenvalue weighted by Crippen LogP contribution is -2.23. The van der Waals surface area contributed by atoms with Crippen molar-refractivity contribution < 1.29 is 4.79 Å². The number of carbonyl (C=O) groups excluding carboxylic acids is 1. The van der Waals surface area contributed by atoms with Gasteiger partial charge in [0.1, 0.15) is 5.92 Å². The summed E-state index contributed by atoms with van der Waals surface area (Å²) in [6, 6.07) is 7.81. The summed E-state index contributed by atoms with van der Waals surface area (Å²) < 4.78 is 0. The minimum Gasteiger partial charge on any atom is -0.345 e. The highest BCUT2D eigenvalue weighted by Crippen LogP contribution is 2.31. The molecule has 1 aliphatic carbocycles. The van der Waals surface area contributed by atoms with Crippen molar-refractivity contribution in [3.05, 3.63) is 59.4 Å². The number of carbonyl (C=O) groups is 1. The van der Waals surface area contributed by atoms with Crippen LogP contribution in [0.2, 0.25) is 0 Å². The number of amides is 1. The summed E-state index contributed by atoms with van der Waals surface area (Å²) in [5.41, 5.74) is 4.71. The first-order valence-electron chi connectivity index (χ1n) is 9.09. The Morgan fingerprint density at radius 1 is 1.50 bits per heavy atom. The molecule has 2 unspecified atom stereocenters. The molecule has 3 aromatic rings.